The van der Waals surface area contributed by atoms with Crippen molar-refractivity contribution in [2.24, 2.45) is 0 Å². The topological polar surface area (TPSA) is 38.9 Å². The SMILES string of the molecule is Clc1ccc(-c2csc(-c3ccno3)n2)cc1. The summed E-state index contributed by atoms with van der Waals surface area (Å²) in [5.74, 6) is 0.690. The second kappa shape index (κ2) is 4.31. The minimum atomic E-state index is 0.690. The van der Waals surface area contributed by atoms with Gasteiger partial charge in [-0.2, -0.15) is 0 Å². The normalized spacial score (nSPS) is 10.6. The van der Waals surface area contributed by atoms with E-state index in [1.165, 1.54) is 11.3 Å². The van der Waals surface area contributed by atoms with Gasteiger partial charge in [0.1, 0.15) is 0 Å². The molecular formula is C12H7ClN2OS. The van der Waals surface area contributed by atoms with Crippen LogP contribution in [0.3, 0.4) is 0 Å². The average molecular weight is 263 g/mol. The maximum absolute atomic E-state index is 5.84. The molecule has 0 aliphatic rings. The fourth-order valence-corrected chi connectivity index (χ4v) is 2.38. The van der Waals surface area contributed by atoms with E-state index in [0.717, 1.165) is 21.3 Å². The van der Waals surface area contributed by atoms with Crippen LogP contribution in [0.2, 0.25) is 5.02 Å². The fraction of sp³-hybridized carbons (Fsp3) is 0. The van der Waals surface area contributed by atoms with Crippen LogP contribution in [0.5, 0.6) is 0 Å². The lowest BCUT2D eigenvalue weighted by atomic mass is 10.2. The van der Waals surface area contributed by atoms with Crippen LogP contribution in [-0.2, 0) is 0 Å². The highest BCUT2D eigenvalue weighted by molar-refractivity contribution is 7.13. The highest BCUT2D eigenvalue weighted by Crippen LogP contribution is 2.28. The molecule has 0 saturated heterocycles. The first-order valence-corrected chi connectivity index (χ1v) is 6.21. The van der Waals surface area contributed by atoms with Crippen LogP contribution in [0.4, 0.5) is 0 Å². The van der Waals surface area contributed by atoms with E-state index in [0.29, 0.717) is 5.76 Å². The third-order valence-electron chi connectivity index (χ3n) is 2.29. The molecule has 3 aromatic rings. The van der Waals surface area contributed by atoms with Gasteiger partial charge in [0.2, 0.25) is 0 Å². The van der Waals surface area contributed by atoms with Crippen LogP contribution >= 0.6 is 22.9 Å². The van der Waals surface area contributed by atoms with Crippen LogP contribution < -0.4 is 0 Å². The monoisotopic (exact) mass is 262 g/mol. The van der Waals surface area contributed by atoms with Crippen molar-refractivity contribution >= 4 is 22.9 Å². The van der Waals surface area contributed by atoms with Gasteiger partial charge in [0.25, 0.3) is 0 Å². The van der Waals surface area contributed by atoms with E-state index in [1.807, 2.05) is 29.6 Å². The van der Waals surface area contributed by atoms with Gasteiger partial charge in [-0.3, -0.25) is 0 Å². The summed E-state index contributed by atoms with van der Waals surface area (Å²) in [6.07, 6.45) is 1.61. The van der Waals surface area contributed by atoms with Gasteiger partial charge in [-0.1, -0.05) is 28.9 Å². The zero-order chi connectivity index (χ0) is 11.7. The number of thiazole rings is 1. The smallest absolute Gasteiger partial charge is 0.195 e. The molecule has 2 heterocycles. The third kappa shape index (κ3) is 2.09. The van der Waals surface area contributed by atoms with Gasteiger partial charge in [-0.15, -0.1) is 11.3 Å². The predicted molar refractivity (Wildman–Crippen MR) is 68.1 cm³/mol. The van der Waals surface area contributed by atoms with Crippen LogP contribution in [0.25, 0.3) is 22.0 Å². The predicted octanol–water partition coefficient (Wildman–Crippen LogP) is 4.12. The summed E-state index contributed by atoms with van der Waals surface area (Å²) >= 11 is 7.37. The Balaban J connectivity index is 1.98. The molecule has 0 saturated carbocycles. The number of benzene rings is 1. The van der Waals surface area contributed by atoms with E-state index in [-0.39, 0.29) is 0 Å². The van der Waals surface area contributed by atoms with Crippen LogP contribution in [0, 0.1) is 0 Å². The number of hydrogen-bond acceptors (Lipinski definition) is 4. The Morgan fingerprint density at radius 1 is 1.12 bits per heavy atom. The van der Waals surface area contributed by atoms with Gasteiger partial charge in [0.15, 0.2) is 10.8 Å². The highest BCUT2D eigenvalue weighted by atomic mass is 35.5. The van der Waals surface area contributed by atoms with Gasteiger partial charge in [-0.25, -0.2) is 4.98 Å². The first-order chi connectivity index (χ1) is 8.33. The number of halogens is 1. The lowest BCUT2D eigenvalue weighted by Gasteiger charge is -1.95. The Morgan fingerprint density at radius 3 is 2.65 bits per heavy atom. The lowest BCUT2D eigenvalue weighted by Crippen LogP contribution is -1.77. The molecule has 0 aliphatic heterocycles. The molecule has 3 nitrogen and oxygen atoms in total. The van der Waals surface area contributed by atoms with E-state index in [2.05, 4.69) is 10.1 Å². The first kappa shape index (κ1) is 10.5. The molecule has 0 unspecified atom stereocenters. The molecule has 0 aliphatic carbocycles. The van der Waals surface area contributed by atoms with Crippen molar-refractivity contribution in [3.8, 4) is 22.0 Å². The molecular weight excluding hydrogens is 256 g/mol. The highest BCUT2D eigenvalue weighted by Gasteiger charge is 2.09. The van der Waals surface area contributed by atoms with E-state index in [1.54, 1.807) is 12.3 Å². The number of hydrogen-bond donors (Lipinski definition) is 0. The van der Waals surface area contributed by atoms with Gasteiger partial charge in [0, 0.05) is 22.0 Å². The Morgan fingerprint density at radius 2 is 1.94 bits per heavy atom. The zero-order valence-electron chi connectivity index (χ0n) is 8.63. The summed E-state index contributed by atoms with van der Waals surface area (Å²) in [4.78, 5) is 4.49. The molecule has 2 aromatic heterocycles. The Labute approximate surface area is 107 Å². The zero-order valence-corrected chi connectivity index (χ0v) is 10.2. The maximum Gasteiger partial charge on any atom is 0.195 e. The number of rotatable bonds is 2. The van der Waals surface area contributed by atoms with Crippen molar-refractivity contribution in [1.82, 2.24) is 10.1 Å². The molecule has 0 spiro atoms. The summed E-state index contributed by atoms with van der Waals surface area (Å²) in [6.45, 7) is 0. The standard InChI is InChI=1S/C12H7ClN2OS/c13-9-3-1-8(2-4-9)10-7-17-12(15-10)11-5-6-14-16-11/h1-7H. The Bertz CT molecular complexity index is 616. The van der Waals surface area contributed by atoms with Crippen LogP contribution in [-0.4, -0.2) is 10.1 Å². The minimum absolute atomic E-state index is 0.690. The van der Waals surface area contributed by atoms with Crippen molar-refractivity contribution < 1.29 is 4.52 Å². The minimum Gasteiger partial charge on any atom is -0.354 e. The van der Waals surface area contributed by atoms with Crippen molar-refractivity contribution in [3.05, 3.63) is 46.9 Å². The summed E-state index contributed by atoms with van der Waals surface area (Å²) in [5, 5.41) is 7.20. The lowest BCUT2D eigenvalue weighted by molar-refractivity contribution is 0.432. The van der Waals surface area contributed by atoms with E-state index >= 15 is 0 Å². The second-order valence-corrected chi connectivity index (χ2v) is 4.72. The maximum atomic E-state index is 5.84. The number of aromatic nitrogens is 2. The van der Waals surface area contributed by atoms with Gasteiger partial charge in [-0.05, 0) is 12.1 Å². The molecule has 5 heteroatoms. The molecule has 84 valence electrons. The van der Waals surface area contributed by atoms with Crippen LogP contribution in [0.1, 0.15) is 0 Å². The molecule has 0 N–H and O–H groups in total. The van der Waals surface area contributed by atoms with Gasteiger partial charge in [0.05, 0.1) is 11.9 Å². The summed E-state index contributed by atoms with van der Waals surface area (Å²) < 4.78 is 5.06. The van der Waals surface area contributed by atoms with Crippen molar-refractivity contribution in [2.75, 3.05) is 0 Å². The molecule has 17 heavy (non-hydrogen) atoms. The van der Waals surface area contributed by atoms with E-state index < -0.39 is 0 Å². The Hall–Kier alpha value is -1.65. The number of nitrogens with zero attached hydrogens (tertiary/aromatic N) is 2. The summed E-state index contributed by atoms with van der Waals surface area (Å²) in [5.41, 5.74) is 1.95. The van der Waals surface area contributed by atoms with Gasteiger partial charge < -0.3 is 4.52 Å². The molecule has 3 rings (SSSR count). The van der Waals surface area contributed by atoms with Gasteiger partial charge >= 0.3 is 0 Å². The molecule has 0 radical (unpaired) electrons. The fourth-order valence-electron chi connectivity index (χ4n) is 1.47. The Kier molecular flexibility index (Phi) is 2.66. The van der Waals surface area contributed by atoms with E-state index in [4.69, 9.17) is 16.1 Å². The molecule has 0 atom stereocenters. The summed E-state index contributed by atoms with van der Waals surface area (Å²) in [7, 11) is 0. The van der Waals surface area contributed by atoms with Crippen molar-refractivity contribution in [1.29, 1.82) is 0 Å². The molecule has 0 amide bonds. The summed E-state index contributed by atoms with van der Waals surface area (Å²) in [6, 6.07) is 9.39. The second-order valence-electron chi connectivity index (χ2n) is 3.42. The average Bonchev–Trinajstić information content (AvgIpc) is 3.00. The molecule has 0 bridgehead atoms. The largest absolute Gasteiger partial charge is 0.354 e. The van der Waals surface area contributed by atoms with E-state index in [9.17, 15) is 0 Å². The first-order valence-electron chi connectivity index (χ1n) is 4.95. The molecule has 1 aromatic carbocycles. The quantitative estimate of drug-likeness (QED) is 0.697. The van der Waals surface area contributed by atoms with Crippen LogP contribution in [0.15, 0.2) is 46.4 Å². The molecule has 0 fully saturated rings. The van der Waals surface area contributed by atoms with Crippen molar-refractivity contribution in [2.45, 2.75) is 0 Å². The third-order valence-corrected chi connectivity index (χ3v) is 3.40. The van der Waals surface area contributed by atoms with Crippen molar-refractivity contribution in [3.63, 3.8) is 0 Å².